The first kappa shape index (κ1) is 27.2. The Morgan fingerprint density at radius 3 is 2.62 bits per heavy atom. The van der Waals surface area contributed by atoms with Crippen molar-refractivity contribution in [1.82, 2.24) is 24.6 Å². The van der Waals surface area contributed by atoms with E-state index >= 15 is 0 Å². The topological polar surface area (TPSA) is 73.6 Å². The molecule has 1 fully saturated rings. The highest BCUT2D eigenvalue weighted by molar-refractivity contribution is 7.09. The molecule has 1 aromatic carbocycles. The smallest absolute Gasteiger partial charge is 0.137 e. The highest BCUT2D eigenvalue weighted by atomic mass is 32.1. The largest absolute Gasteiger partial charge is 0.381 e. The molecular weight excluding hydrogens is 520 g/mol. The van der Waals surface area contributed by atoms with Crippen LogP contribution in [0.25, 0.3) is 0 Å². The summed E-state index contributed by atoms with van der Waals surface area (Å²) in [6, 6.07) is 13.1. The third-order valence-corrected chi connectivity index (χ3v) is 8.46. The molecule has 1 aliphatic heterocycles. The number of pyridine rings is 1. The van der Waals surface area contributed by atoms with Gasteiger partial charge >= 0.3 is 0 Å². The van der Waals surface area contributed by atoms with E-state index in [-0.39, 0.29) is 12.1 Å². The van der Waals surface area contributed by atoms with E-state index in [2.05, 4.69) is 49.3 Å². The summed E-state index contributed by atoms with van der Waals surface area (Å²) >= 11 is 1.77. The van der Waals surface area contributed by atoms with E-state index < -0.39 is 23.3 Å². The average molecular weight is 554 g/mol. The monoisotopic (exact) mass is 553 g/mol. The Balaban J connectivity index is 1.27. The second-order valence-electron chi connectivity index (χ2n) is 9.95. The van der Waals surface area contributed by atoms with Crippen LogP contribution in [0, 0.1) is 11.6 Å². The maximum Gasteiger partial charge on any atom is 0.137 e. The number of anilines is 2. The quantitative estimate of drug-likeness (QED) is 0.320. The molecule has 39 heavy (non-hydrogen) atoms. The lowest BCUT2D eigenvalue weighted by atomic mass is 9.85. The van der Waals surface area contributed by atoms with Gasteiger partial charge in [0.25, 0.3) is 0 Å². The maximum atomic E-state index is 14.9. The number of aliphatic hydroxyl groups is 1. The van der Waals surface area contributed by atoms with Crippen LogP contribution >= 0.6 is 11.3 Å². The number of benzene rings is 1. The molecule has 1 saturated heterocycles. The van der Waals surface area contributed by atoms with E-state index in [0.29, 0.717) is 26.2 Å². The van der Waals surface area contributed by atoms with Crippen molar-refractivity contribution in [3.63, 3.8) is 0 Å². The Morgan fingerprint density at radius 2 is 1.92 bits per heavy atom. The van der Waals surface area contributed by atoms with Crippen LogP contribution in [0.15, 0.2) is 66.6 Å². The lowest BCUT2D eigenvalue weighted by molar-refractivity contribution is -0.0650. The number of thiophene rings is 1. The number of hydrogen-bond donors (Lipinski definition) is 1. The van der Waals surface area contributed by atoms with Gasteiger partial charge in [-0.25, -0.2) is 23.4 Å². The van der Waals surface area contributed by atoms with Crippen molar-refractivity contribution < 1.29 is 13.9 Å². The first-order valence-corrected chi connectivity index (χ1v) is 13.9. The lowest BCUT2D eigenvalue weighted by Crippen LogP contribution is -2.57. The van der Waals surface area contributed by atoms with Gasteiger partial charge in [0.15, 0.2) is 0 Å². The summed E-state index contributed by atoms with van der Waals surface area (Å²) in [5.74, 6) is 0.360. The summed E-state index contributed by atoms with van der Waals surface area (Å²) < 4.78 is 30.1. The van der Waals surface area contributed by atoms with Gasteiger partial charge in [-0.2, -0.15) is 5.10 Å². The number of likely N-dealkylation sites (N-methyl/N-ethyl adjacent to an activating group) is 1. The van der Waals surface area contributed by atoms with Gasteiger partial charge in [-0.05, 0) is 43.0 Å². The van der Waals surface area contributed by atoms with Crippen molar-refractivity contribution >= 4 is 23.0 Å². The average Bonchev–Trinajstić information content (AvgIpc) is 3.66. The van der Waals surface area contributed by atoms with Crippen molar-refractivity contribution in [2.45, 2.75) is 31.5 Å². The molecule has 0 spiro atoms. The van der Waals surface area contributed by atoms with Gasteiger partial charge in [0, 0.05) is 62.3 Å². The standard InChI is InChI=1S/C28H33F2N7OS/c1-21(28(38,18-37-20-31-19-32-37)24-9-8-22(29)17-25(24)30)35-12-14-36(15-13-35)27-7-3-6-26(33-27)34(2)11-10-23-5-4-16-39-23/h3-9,16-17,19-21,38H,10-15,18H2,1-2H3. The SMILES string of the molecule is CC(N1CCN(c2cccc(N(C)CCc3cccs3)n2)CC1)C(O)(Cn1cncn1)c1ccc(F)cc1F. The van der Waals surface area contributed by atoms with Crippen LogP contribution < -0.4 is 9.80 Å². The number of piperazine rings is 1. The third-order valence-electron chi connectivity index (χ3n) is 7.53. The van der Waals surface area contributed by atoms with Crippen LogP contribution in [0.5, 0.6) is 0 Å². The van der Waals surface area contributed by atoms with Crippen molar-refractivity contribution in [1.29, 1.82) is 0 Å². The van der Waals surface area contributed by atoms with Gasteiger partial charge in [0.2, 0.25) is 0 Å². The molecule has 1 aliphatic rings. The molecule has 8 nitrogen and oxygen atoms in total. The molecule has 0 aliphatic carbocycles. The Kier molecular flexibility index (Phi) is 8.20. The third kappa shape index (κ3) is 6.10. The van der Waals surface area contributed by atoms with E-state index in [9.17, 15) is 13.9 Å². The zero-order chi connectivity index (χ0) is 27.4. The summed E-state index contributed by atoms with van der Waals surface area (Å²) in [4.78, 5) is 16.8. The van der Waals surface area contributed by atoms with Crippen LogP contribution in [0.4, 0.5) is 20.4 Å². The van der Waals surface area contributed by atoms with E-state index in [4.69, 9.17) is 4.98 Å². The predicted octanol–water partition coefficient (Wildman–Crippen LogP) is 3.79. The molecule has 0 amide bonds. The van der Waals surface area contributed by atoms with E-state index in [1.54, 1.807) is 11.3 Å². The molecule has 0 saturated carbocycles. The first-order chi connectivity index (χ1) is 18.8. The molecule has 0 bridgehead atoms. The Morgan fingerprint density at radius 1 is 1.10 bits per heavy atom. The normalized spacial score (nSPS) is 16.7. The second kappa shape index (κ2) is 11.8. The summed E-state index contributed by atoms with van der Waals surface area (Å²) in [5, 5.41) is 18.1. The predicted molar refractivity (Wildman–Crippen MR) is 149 cm³/mol. The Hall–Kier alpha value is -3.41. The van der Waals surface area contributed by atoms with Gasteiger partial charge in [0.05, 0.1) is 6.54 Å². The number of hydrogen-bond acceptors (Lipinski definition) is 8. The molecule has 5 rings (SSSR count). The Labute approximate surface area is 231 Å². The molecule has 4 aromatic rings. The van der Waals surface area contributed by atoms with Crippen LogP contribution in [-0.2, 0) is 18.6 Å². The zero-order valence-electron chi connectivity index (χ0n) is 22.1. The fraction of sp³-hybridized carbons (Fsp3) is 0.393. The Bertz CT molecular complexity index is 1350. The first-order valence-electron chi connectivity index (χ1n) is 13.0. The minimum Gasteiger partial charge on any atom is -0.381 e. The second-order valence-corrected chi connectivity index (χ2v) is 11.0. The van der Waals surface area contributed by atoms with Gasteiger partial charge < -0.3 is 14.9 Å². The molecule has 1 N–H and O–H groups in total. The fourth-order valence-corrected chi connectivity index (χ4v) is 5.83. The summed E-state index contributed by atoms with van der Waals surface area (Å²) in [5.41, 5.74) is -1.62. The molecule has 2 atom stereocenters. The minimum absolute atomic E-state index is 0.0155. The molecule has 3 aromatic heterocycles. The van der Waals surface area contributed by atoms with Crippen LogP contribution in [0.2, 0.25) is 0 Å². The van der Waals surface area contributed by atoms with Gasteiger partial charge in [0.1, 0.15) is 41.5 Å². The van der Waals surface area contributed by atoms with Gasteiger partial charge in [-0.15, -0.1) is 11.3 Å². The number of nitrogens with zero attached hydrogens (tertiary/aromatic N) is 7. The van der Waals surface area contributed by atoms with Crippen molar-refractivity contribution in [2.24, 2.45) is 0 Å². The molecular formula is C28H33F2N7OS. The molecule has 0 radical (unpaired) electrons. The number of halogens is 2. The van der Waals surface area contributed by atoms with Crippen molar-refractivity contribution in [3.8, 4) is 0 Å². The number of rotatable bonds is 10. The van der Waals surface area contributed by atoms with Crippen molar-refractivity contribution in [3.05, 3.63) is 88.6 Å². The minimum atomic E-state index is -1.66. The maximum absolute atomic E-state index is 14.9. The fourth-order valence-electron chi connectivity index (χ4n) is 5.13. The van der Waals surface area contributed by atoms with E-state index in [1.807, 2.05) is 25.1 Å². The van der Waals surface area contributed by atoms with Crippen molar-refractivity contribution in [2.75, 3.05) is 49.6 Å². The van der Waals surface area contributed by atoms with E-state index in [1.165, 1.54) is 34.3 Å². The van der Waals surface area contributed by atoms with E-state index in [0.717, 1.165) is 30.7 Å². The van der Waals surface area contributed by atoms with Crippen LogP contribution in [0.3, 0.4) is 0 Å². The van der Waals surface area contributed by atoms with Gasteiger partial charge in [-0.1, -0.05) is 18.2 Å². The number of aromatic nitrogens is 4. The van der Waals surface area contributed by atoms with Gasteiger partial charge in [-0.3, -0.25) is 4.90 Å². The summed E-state index contributed by atoms with van der Waals surface area (Å²) in [6.45, 7) is 5.42. The molecule has 11 heteroatoms. The summed E-state index contributed by atoms with van der Waals surface area (Å²) in [6.07, 6.45) is 3.82. The molecule has 2 unspecified atom stereocenters. The highest BCUT2D eigenvalue weighted by Gasteiger charge is 2.42. The van der Waals surface area contributed by atoms with Crippen LogP contribution in [-0.4, -0.2) is 75.6 Å². The zero-order valence-corrected chi connectivity index (χ0v) is 22.9. The lowest BCUT2D eigenvalue weighted by Gasteiger charge is -2.45. The molecule has 4 heterocycles. The molecule has 206 valence electrons. The summed E-state index contributed by atoms with van der Waals surface area (Å²) in [7, 11) is 2.06. The van der Waals surface area contributed by atoms with Crippen LogP contribution in [0.1, 0.15) is 17.4 Å². The highest BCUT2D eigenvalue weighted by Crippen LogP contribution is 2.33.